The van der Waals surface area contributed by atoms with Gasteiger partial charge in [0.1, 0.15) is 34.6 Å². The molecule has 2 heterocycles. The van der Waals surface area contributed by atoms with Crippen LogP contribution in [0.2, 0.25) is 0 Å². The molecule has 0 bridgehead atoms. The quantitative estimate of drug-likeness (QED) is 0.142. The molecule has 0 unspecified atom stereocenters. The second kappa shape index (κ2) is 12.3. The van der Waals surface area contributed by atoms with Crippen LogP contribution in [0.1, 0.15) is 41.6 Å². The minimum absolute atomic E-state index is 0.0190. The number of nitrogens with one attached hydrogen (secondary N) is 3. The van der Waals surface area contributed by atoms with Crippen molar-refractivity contribution in [2.45, 2.75) is 26.4 Å². The van der Waals surface area contributed by atoms with E-state index in [9.17, 15) is 17.6 Å². The van der Waals surface area contributed by atoms with Crippen molar-refractivity contribution in [2.75, 3.05) is 17.2 Å². The zero-order valence-corrected chi connectivity index (χ0v) is 20.8. The van der Waals surface area contributed by atoms with E-state index in [4.69, 9.17) is 15.9 Å². The van der Waals surface area contributed by atoms with Gasteiger partial charge in [-0.05, 0) is 25.1 Å². The molecule has 2 aromatic heterocycles. The van der Waals surface area contributed by atoms with Gasteiger partial charge in [0, 0.05) is 65.7 Å². The number of hydrogen-bond donors (Lipinski definition) is 4. The minimum Gasteiger partial charge on any atom is -0.494 e. The number of pyridine rings is 1. The van der Waals surface area contributed by atoms with Crippen molar-refractivity contribution in [3.8, 4) is 5.75 Å². The fourth-order valence-corrected chi connectivity index (χ4v) is 3.72. The summed E-state index contributed by atoms with van der Waals surface area (Å²) in [6.45, 7) is 1.85. The van der Waals surface area contributed by atoms with Crippen LogP contribution in [-0.4, -0.2) is 27.3 Å². The van der Waals surface area contributed by atoms with Crippen LogP contribution in [0.3, 0.4) is 0 Å². The Labute approximate surface area is 221 Å². The van der Waals surface area contributed by atoms with E-state index in [0.717, 1.165) is 12.1 Å². The first-order chi connectivity index (χ1) is 18.8. The SMILES string of the molecule is CCOc1cc(F)c(CNc2ccccc2C(=N)c2ncc(CN)c(Nc3ccnc(C(F)F)c3)n2)c(F)c1. The Morgan fingerprint density at radius 2 is 1.82 bits per heavy atom. The Hall–Kier alpha value is -4.58. The molecule has 8 nitrogen and oxygen atoms in total. The molecule has 0 saturated heterocycles. The molecule has 0 fully saturated rings. The molecule has 0 spiro atoms. The van der Waals surface area contributed by atoms with E-state index in [1.165, 1.54) is 24.5 Å². The molecule has 12 heteroatoms. The highest BCUT2D eigenvalue weighted by Crippen LogP contribution is 2.26. The summed E-state index contributed by atoms with van der Waals surface area (Å²) in [5.41, 5.74) is 6.74. The molecule has 0 amide bonds. The van der Waals surface area contributed by atoms with Crippen LogP contribution in [0.15, 0.2) is 60.9 Å². The van der Waals surface area contributed by atoms with Crippen molar-refractivity contribution in [1.82, 2.24) is 15.0 Å². The van der Waals surface area contributed by atoms with E-state index in [0.29, 0.717) is 22.5 Å². The summed E-state index contributed by atoms with van der Waals surface area (Å²) in [6.07, 6.45) is -0.0631. The van der Waals surface area contributed by atoms with Gasteiger partial charge in [-0.2, -0.15) is 0 Å². The van der Waals surface area contributed by atoms with Crippen LogP contribution < -0.4 is 21.1 Å². The van der Waals surface area contributed by atoms with E-state index in [2.05, 4.69) is 25.6 Å². The van der Waals surface area contributed by atoms with Gasteiger partial charge in [-0.3, -0.25) is 10.4 Å². The lowest BCUT2D eigenvalue weighted by atomic mass is 10.1. The molecule has 0 aliphatic carbocycles. The van der Waals surface area contributed by atoms with E-state index >= 15 is 0 Å². The van der Waals surface area contributed by atoms with Crippen molar-refractivity contribution >= 4 is 22.9 Å². The maximum Gasteiger partial charge on any atom is 0.280 e. The number of ether oxygens (including phenoxy) is 1. The first kappa shape index (κ1) is 27.5. The highest BCUT2D eigenvalue weighted by Gasteiger charge is 2.17. The van der Waals surface area contributed by atoms with Gasteiger partial charge in [-0.1, -0.05) is 18.2 Å². The molecular weight excluding hydrogens is 514 g/mol. The zero-order chi connectivity index (χ0) is 27.9. The molecule has 0 radical (unpaired) electrons. The van der Waals surface area contributed by atoms with Gasteiger partial charge in [0.05, 0.1) is 6.61 Å². The van der Waals surface area contributed by atoms with E-state index in [1.807, 2.05) is 0 Å². The molecule has 0 aliphatic rings. The number of benzene rings is 2. The van der Waals surface area contributed by atoms with Crippen molar-refractivity contribution < 1.29 is 22.3 Å². The first-order valence-electron chi connectivity index (χ1n) is 11.9. The summed E-state index contributed by atoms with van der Waals surface area (Å²) < 4.78 is 60.4. The molecule has 0 saturated carbocycles. The number of halogens is 4. The third-order valence-electron chi connectivity index (χ3n) is 5.65. The predicted octanol–water partition coefficient (Wildman–Crippen LogP) is 5.72. The Morgan fingerprint density at radius 1 is 1.08 bits per heavy atom. The summed E-state index contributed by atoms with van der Waals surface area (Å²) in [4.78, 5) is 12.3. The highest BCUT2D eigenvalue weighted by molar-refractivity contribution is 6.12. The number of alkyl halides is 2. The van der Waals surface area contributed by atoms with E-state index in [-0.39, 0.29) is 48.4 Å². The lowest BCUT2D eigenvalue weighted by molar-refractivity contribution is 0.146. The lowest BCUT2D eigenvalue weighted by Gasteiger charge is -2.15. The number of hydrogen-bond acceptors (Lipinski definition) is 8. The molecule has 5 N–H and O–H groups in total. The normalized spacial score (nSPS) is 10.9. The predicted molar refractivity (Wildman–Crippen MR) is 140 cm³/mol. The van der Waals surface area contributed by atoms with Gasteiger partial charge in [-0.25, -0.2) is 27.5 Å². The maximum atomic E-state index is 14.5. The molecule has 4 aromatic rings. The largest absolute Gasteiger partial charge is 0.494 e. The van der Waals surface area contributed by atoms with Gasteiger partial charge in [0.25, 0.3) is 6.43 Å². The molecule has 202 valence electrons. The van der Waals surface area contributed by atoms with Crippen molar-refractivity contribution in [1.29, 1.82) is 5.41 Å². The summed E-state index contributed by atoms with van der Waals surface area (Å²) in [7, 11) is 0. The van der Waals surface area contributed by atoms with Crippen LogP contribution in [0.25, 0.3) is 0 Å². The van der Waals surface area contributed by atoms with Gasteiger partial charge in [0.15, 0.2) is 5.82 Å². The average molecular weight is 540 g/mol. The van der Waals surface area contributed by atoms with Gasteiger partial charge < -0.3 is 21.1 Å². The molecule has 0 aliphatic heterocycles. The highest BCUT2D eigenvalue weighted by atomic mass is 19.3. The smallest absolute Gasteiger partial charge is 0.280 e. The number of rotatable bonds is 11. The van der Waals surface area contributed by atoms with Gasteiger partial charge in [0.2, 0.25) is 0 Å². The number of anilines is 3. The van der Waals surface area contributed by atoms with Crippen LogP contribution in [0.5, 0.6) is 5.75 Å². The number of para-hydroxylation sites is 1. The van der Waals surface area contributed by atoms with Gasteiger partial charge >= 0.3 is 0 Å². The van der Waals surface area contributed by atoms with Crippen molar-refractivity contribution in [3.05, 3.63) is 101 Å². The van der Waals surface area contributed by atoms with Crippen LogP contribution in [0.4, 0.5) is 34.8 Å². The first-order valence-corrected chi connectivity index (χ1v) is 11.9. The zero-order valence-electron chi connectivity index (χ0n) is 20.8. The van der Waals surface area contributed by atoms with E-state index < -0.39 is 23.8 Å². The van der Waals surface area contributed by atoms with Crippen LogP contribution >= 0.6 is 0 Å². The number of nitrogens with zero attached hydrogens (tertiary/aromatic N) is 3. The Kier molecular flexibility index (Phi) is 8.67. The Balaban J connectivity index is 1.59. The molecule has 0 atom stereocenters. The fourth-order valence-electron chi connectivity index (χ4n) is 3.72. The molecular formula is C27H25F4N7O. The topological polar surface area (TPSA) is 122 Å². The Morgan fingerprint density at radius 3 is 2.51 bits per heavy atom. The monoisotopic (exact) mass is 539 g/mol. The second-order valence-corrected chi connectivity index (χ2v) is 8.24. The summed E-state index contributed by atoms with van der Waals surface area (Å²) in [5.74, 6) is -1.17. The second-order valence-electron chi connectivity index (χ2n) is 8.24. The van der Waals surface area contributed by atoms with Crippen LogP contribution in [0, 0.1) is 17.0 Å². The third kappa shape index (κ3) is 6.47. The minimum atomic E-state index is -2.75. The summed E-state index contributed by atoms with van der Waals surface area (Å²) in [5, 5.41) is 14.7. The molecule has 39 heavy (non-hydrogen) atoms. The fraction of sp³-hybridized carbons (Fsp3) is 0.185. The lowest BCUT2D eigenvalue weighted by Crippen LogP contribution is -2.14. The van der Waals surface area contributed by atoms with E-state index in [1.54, 1.807) is 31.2 Å². The maximum absolute atomic E-state index is 14.5. The molecule has 4 rings (SSSR count). The summed E-state index contributed by atoms with van der Waals surface area (Å²) >= 11 is 0. The van der Waals surface area contributed by atoms with Crippen molar-refractivity contribution in [3.63, 3.8) is 0 Å². The number of nitrogens with two attached hydrogens (primary N) is 1. The average Bonchev–Trinajstić information content (AvgIpc) is 2.92. The molecule has 2 aromatic carbocycles. The van der Waals surface area contributed by atoms with Gasteiger partial charge in [-0.15, -0.1) is 0 Å². The standard InChI is InChI=1S/C27H25F4N7O/c1-2-39-17-10-20(28)19(21(29)11-17)14-35-22-6-4-3-5-18(22)24(33)27-36-13-15(12-32)26(38-27)37-16-7-8-34-23(9-16)25(30)31/h3-11,13,25,33,35H,2,12,14,32H2,1H3,(H,34,36,37,38). The summed E-state index contributed by atoms with van der Waals surface area (Å²) in [6, 6.07) is 11.6. The number of aromatic nitrogens is 3. The van der Waals surface area contributed by atoms with Crippen molar-refractivity contribution in [2.24, 2.45) is 5.73 Å². The van der Waals surface area contributed by atoms with Crippen LogP contribution in [-0.2, 0) is 13.1 Å². The third-order valence-corrected chi connectivity index (χ3v) is 5.65. The Bertz CT molecular complexity index is 1460.